The highest BCUT2D eigenvalue weighted by atomic mass is 19.1. The lowest BCUT2D eigenvalue weighted by Crippen LogP contribution is -2.44. The SMILES string of the molecule is CC(CN)(Cc1ccc(F)cc1)CN1CCCCC1. The van der Waals surface area contributed by atoms with Gasteiger partial charge in [0.2, 0.25) is 0 Å². The van der Waals surface area contributed by atoms with Crippen LogP contribution in [0.4, 0.5) is 4.39 Å². The van der Waals surface area contributed by atoms with E-state index >= 15 is 0 Å². The van der Waals surface area contributed by atoms with Crippen LogP contribution >= 0.6 is 0 Å². The van der Waals surface area contributed by atoms with Crippen molar-refractivity contribution in [3.05, 3.63) is 35.6 Å². The average molecular weight is 264 g/mol. The fourth-order valence-electron chi connectivity index (χ4n) is 2.95. The third-order valence-electron chi connectivity index (χ3n) is 4.09. The molecule has 0 aromatic heterocycles. The van der Waals surface area contributed by atoms with Gasteiger partial charge in [0.15, 0.2) is 0 Å². The van der Waals surface area contributed by atoms with Crippen molar-refractivity contribution < 1.29 is 4.39 Å². The first kappa shape index (κ1) is 14.5. The molecule has 1 saturated heterocycles. The molecule has 3 heteroatoms. The van der Waals surface area contributed by atoms with Crippen molar-refractivity contribution in [2.45, 2.75) is 32.6 Å². The number of nitrogens with two attached hydrogens (primary N) is 1. The molecule has 1 unspecified atom stereocenters. The van der Waals surface area contributed by atoms with E-state index in [1.807, 2.05) is 12.1 Å². The number of hydrogen-bond acceptors (Lipinski definition) is 2. The number of benzene rings is 1. The Morgan fingerprint density at radius 2 is 1.79 bits per heavy atom. The molecule has 1 aromatic carbocycles. The number of likely N-dealkylation sites (tertiary alicyclic amines) is 1. The second-order valence-electron chi connectivity index (χ2n) is 6.15. The molecule has 2 N–H and O–H groups in total. The standard InChI is InChI=1S/C16H25FN2/c1-16(12-18,13-19-9-3-2-4-10-19)11-14-5-7-15(17)8-6-14/h5-8H,2-4,9-13,18H2,1H3. The molecule has 2 rings (SSSR count). The maximum Gasteiger partial charge on any atom is 0.123 e. The monoisotopic (exact) mass is 264 g/mol. The molecule has 0 aliphatic carbocycles. The Kier molecular flexibility index (Phi) is 4.94. The van der Waals surface area contributed by atoms with Crippen molar-refractivity contribution >= 4 is 0 Å². The predicted octanol–water partition coefficient (Wildman–Crippen LogP) is 2.82. The Balaban J connectivity index is 1.98. The van der Waals surface area contributed by atoms with Crippen LogP contribution in [0.1, 0.15) is 31.7 Å². The van der Waals surface area contributed by atoms with Crippen molar-refractivity contribution in [1.82, 2.24) is 4.90 Å². The van der Waals surface area contributed by atoms with Crippen LogP contribution in [0, 0.1) is 11.2 Å². The van der Waals surface area contributed by atoms with Crippen LogP contribution in [-0.2, 0) is 6.42 Å². The van der Waals surface area contributed by atoms with E-state index in [0.717, 1.165) is 13.0 Å². The van der Waals surface area contributed by atoms with Gasteiger partial charge in [0.05, 0.1) is 0 Å². The molecule has 1 aromatic rings. The molecule has 0 saturated carbocycles. The minimum atomic E-state index is -0.172. The highest BCUT2D eigenvalue weighted by molar-refractivity contribution is 5.18. The van der Waals surface area contributed by atoms with Crippen LogP contribution in [0.2, 0.25) is 0 Å². The summed E-state index contributed by atoms with van der Waals surface area (Å²) in [6.07, 6.45) is 4.88. The van der Waals surface area contributed by atoms with E-state index in [4.69, 9.17) is 5.73 Å². The summed E-state index contributed by atoms with van der Waals surface area (Å²) < 4.78 is 12.9. The number of rotatable bonds is 5. The van der Waals surface area contributed by atoms with Gasteiger partial charge in [-0.15, -0.1) is 0 Å². The van der Waals surface area contributed by atoms with Crippen molar-refractivity contribution in [3.63, 3.8) is 0 Å². The molecule has 19 heavy (non-hydrogen) atoms. The summed E-state index contributed by atoms with van der Waals surface area (Å²) in [4.78, 5) is 2.53. The summed E-state index contributed by atoms with van der Waals surface area (Å²) in [7, 11) is 0. The molecule has 2 nitrogen and oxygen atoms in total. The fraction of sp³-hybridized carbons (Fsp3) is 0.625. The largest absolute Gasteiger partial charge is 0.330 e. The number of piperidine rings is 1. The van der Waals surface area contributed by atoms with E-state index in [-0.39, 0.29) is 11.2 Å². The Hall–Kier alpha value is -0.930. The molecule has 1 heterocycles. The predicted molar refractivity (Wildman–Crippen MR) is 77.6 cm³/mol. The molecule has 0 bridgehead atoms. The van der Waals surface area contributed by atoms with Crippen molar-refractivity contribution in [2.75, 3.05) is 26.2 Å². The van der Waals surface area contributed by atoms with Gasteiger partial charge in [-0.05, 0) is 62.0 Å². The van der Waals surface area contributed by atoms with Crippen molar-refractivity contribution in [3.8, 4) is 0 Å². The lowest BCUT2D eigenvalue weighted by molar-refractivity contribution is 0.145. The molecule has 0 amide bonds. The van der Waals surface area contributed by atoms with E-state index in [2.05, 4.69) is 11.8 Å². The summed E-state index contributed by atoms with van der Waals surface area (Å²) in [6, 6.07) is 6.82. The zero-order valence-electron chi connectivity index (χ0n) is 11.9. The smallest absolute Gasteiger partial charge is 0.123 e. The second-order valence-corrected chi connectivity index (χ2v) is 6.15. The summed E-state index contributed by atoms with van der Waals surface area (Å²) in [5.41, 5.74) is 7.25. The van der Waals surface area contributed by atoms with Gasteiger partial charge in [0, 0.05) is 6.54 Å². The number of hydrogen-bond donors (Lipinski definition) is 1. The number of halogens is 1. The van der Waals surface area contributed by atoms with E-state index in [0.29, 0.717) is 6.54 Å². The topological polar surface area (TPSA) is 29.3 Å². The van der Waals surface area contributed by atoms with Gasteiger partial charge in [-0.25, -0.2) is 4.39 Å². The molecule has 1 fully saturated rings. The van der Waals surface area contributed by atoms with Gasteiger partial charge in [0.25, 0.3) is 0 Å². The third kappa shape index (κ3) is 4.29. The Labute approximate surface area is 115 Å². The highest BCUT2D eigenvalue weighted by Crippen LogP contribution is 2.24. The van der Waals surface area contributed by atoms with Crippen molar-refractivity contribution in [2.24, 2.45) is 11.1 Å². The van der Waals surface area contributed by atoms with Crippen LogP contribution in [0.25, 0.3) is 0 Å². The van der Waals surface area contributed by atoms with Crippen molar-refractivity contribution in [1.29, 1.82) is 0 Å². The molecule has 106 valence electrons. The third-order valence-corrected chi connectivity index (χ3v) is 4.09. The fourth-order valence-corrected chi connectivity index (χ4v) is 2.95. The molecular formula is C16H25FN2. The maximum absolute atomic E-state index is 12.9. The second kappa shape index (κ2) is 6.49. The first-order chi connectivity index (χ1) is 9.11. The molecule has 0 spiro atoms. The van der Waals surface area contributed by atoms with Gasteiger partial charge >= 0.3 is 0 Å². The van der Waals surface area contributed by atoms with E-state index in [9.17, 15) is 4.39 Å². The van der Waals surface area contributed by atoms with Gasteiger partial charge in [-0.3, -0.25) is 0 Å². The lowest BCUT2D eigenvalue weighted by Gasteiger charge is -2.36. The van der Waals surface area contributed by atoms with E-state index in [1.165, 1.54) is 50.0 Å². The van der Waals surface area contributed by atoms with Gasteiger partial charge < -0.3 is 10.6 Å². The Morgan fingerprint density at radius 1 is 1.16 bits per heavy atom. The molecule has 1 aliphatic heterocycles. The molecule has 0 radical (unpaired) electrons. The number of nitrogens with zero attached hydrogens (tertiary/aromatic N) is 1. The van der Waals surface area contributed by atoms with Crippen LogP contribution in [0.5, 0.6) is 0 Å². The Morgan fingerprint density at radius 3 is 2.37 bits per heavy atom. The quantitative estimate of drug-likeness (QED) is 0.886. The minimum absolute atomic E-state index is 0.0785. The lowest BCUT2D eigenvalue weighted by atomic mass is 9.82. The maximum atomic E-state index is 12.9. The summed E-state index contributed by atoms with van der Waals surface area (Å²) in [6.45, 7) is 6.34. The van der Waals surface area contributed by atoms with Crippen LogP contribution in [-0.4, -0.2) is 31.1 Å². The van der Waals surface area contributed by atoms with Crippen LogP contribution in [0.15, 0.2) is 24.3 Å². The summed E-state index contributed by atoms with van der Waals surface area (Å²) in [5, 5.41) is 0. The summed E-state index contributed by atoms with van der Waals surface area (Å²) >= 11 is 0. The first-order valence-corrected chi connectivity index (χ1v) is 7.28. The Bertz CT molecular complexity index is 384. The first-order valence-electron chi connectivity index (χ1n) is 7.28. The summed E-state index contributed by atoms with van der Waals surface area (Å²) in [5.74, 6) is -0.172. The molecule has 1 atom stereocenters. The molecule has 1 aliphatic rings. The van der Waals surface area contributed by atoms with E-state index < -0.39 is 0 Å². The van der Waals surface area contributed by atoms with Crippen LogP contribution in [0.3, 0.4) is 0 Å². The zero-order chi connectivity index (χ0) is 13.7. The van der Waals surface area contributed by atoms with Crippen LogP contribution < -0.4 is 5.73 Å². The molecular weight excluding hydrogens is 239 g/mol. The normalized spacial score (nSPS) is 20.2. The van der Waals surface area contributed by atoms with E-state index in [1.54, 1.807) is 0 Å². The van der Waals surface area contributed by atoms with Gasteiger partial charge in [-0.2, -0.15) is 0 Å². The average Bonchev–Trinajstić information content (AvgIpc) is 2.42. The minimum Gasteiger partial charge on any atom is -0.330 e. The van der Waals surface area contributed by atoms with Gasteiger partial charge in [0.1, 0.15) is 5.82 Å². The van der Waals surface area contributed by atoms with Gasteiger partial charge in [-0.1, -0.05) is 25.5 Å². The highest BCUT2D eigenvalue weighted by Gasteiger charge is 2.26. The zero-order valence-corrected chi connectivity index (χ0v) is 11.9.